The Kier molecular flexibility index (Phi) is 11.9. The summed E-state index contributed by atoms with van der Waals surface area (Å²) in [5, 5.41) is 0. The standard InChI is InChI=1S/C31H40O3S/c1-3-5-7-9-10-11-13-29-22-23-30(35-29)25-14-16-26(17-15-25)31(32)34-28-20-18-27(19-21-28)33-24-12-8-6-4-2/h14-23H,3-13,24H2,1-2H3. The average molecular weight is 493 g/mol. The molecule has 0 aliphatic heterocycles. The van der Waals surface area contributed by atoms with Gasteiger partial charge in [0.05, 0.1) is 12.2 Å². The van der Waals surface area contributed by atoms with Crippen molar-refractivity contribution in [1.82, 2.24) is 0 Å². The van der Waals surface area contributed by atoms with Crippen LogP contribution in [0.1, 0.15) is 93.3 Å². The third-order valence-corrected chi connectivity index (χ3v) is 7.34. The number of thiophene rings is 1. The van der Waals surface area contributed by atoms with Crippen molar-refractivity contribution in [3.8, 4) is 21.9 Å². The second kappa shape index (κ2) is 15.4. The molecule has 0 N–H and O–H groups in total. The summed E-state index contributed by atoms with van der Waals surface area (Å²) in [6.07, 6.45) is 13.8. The predicted molar refractivity (Wildman–Crippen MR) is 148 cm³/mol. The Morgan fingerprint density at radius 3 is 2.03 bits per heavy atom. The van der Waals surface area contributed by atoms with Crippen molar-refractivity contribution in [1.29, 1.82) is 0 Å². The number of hydrogen-bond acceptors (Lipinski definition) is 4. The number of aryl methyl sites for hydroxylation is 1. The SMILES string of the molecule is CCCCCCCCc1ccc(-c2ccc(C(=O)Oc3ccc(OCCCCCC)cc3)cc2)s1. The summed E-state index contributed by atoms with van der Waals surface area (Å²) in [7, 11) is 0. The van der Waals surface area contributed by atoms with Crippen LogP contribution in [0.4, 0.5) is 0 Å². The van der Waals surface area contributed by atoms with E-state index in [-0.39, 0.29) is 5.97 Å². The number of carbonyl (C=O) groups excluding carboxylic acids is 1. The third kappa shape index (κ3) is 9.52. The molecule has 0 amide bonds. The lowest BCUT2D eigenvalue weighted by Gasteiger charge is -2.08. The second-order valence-corrected chi connectivity index (χ2v) is 10.3. The highest BCUT2D eigenvalue weighted by Gasteiger charge is 2.10. The van der Waals surface area contributed by atoms with Crippen LogP contribution in [0, 0.1) is 0 Å². The zero-order valence-corrected chi connectivity index (χ0v) is 22.2. The number of hydrogen-bond donors (Lipinski definition) is 0. The summed E-state index contributed by atoms with van der Waals surface area (Å²) in [5.74, 6) is 0.979. The molecule has 0 atom stereocenters. The molecule has 4 heteroatoms. The van der Waals surface area contributed by atoms with Crippen LogP contribution in [-0.4, -0.2) is 12.6 Å². The van der Waals surface area contributed by atoms with Crippen LogP contribution >= 0.6 is 11.3 Å². The minimum atomic E-state index is -0.347. The Bertz CT molecular complexity index is 989. The van der Waals surface area contributed by atoms with Gasteiger partial charge < -0.3 is 9.47 Å². The Labute approximate surface area is 215 Å². The fourth-order valence-corrected chi connectivity index (χ4v) is 5.06. The third-order valence-electron chi connectivity index (χ3n) is 6.14. The maximum absolute atomic E-state index is 12.6. The number of ether oxygens (including phenoxy) is 2. The van der Waals surface area contributed by atoms with E-state index in [0.717, 1.165) is 30.8 Å². The normalized spacial score (nSPS) is 10.9. The van der Waals surface area contributed by atoms with Gasteiger partial charge in [-0.1, -0.05) is 77.3 Å². The molecule has 0 aliphatic carbocycles. The van der Waals surface area contributed by atoms with E-state index in [2.05, 4.69) is 26.0 Å². The molecule has 0 aliphatic rings. The highest BCUT2D eigenvalue weighted by Crippen LogP contribution is 2.29. The Balaban J connectivity index is 1.45. The second-order valence-electron chi connectivity index (χ2n) is 9.13. The Morgan fingerprint density at radius 1 is 0.686 bits per heavy atom. The van der Waals surface area contributed by atoms with Crippen molar-refractivity contribution in [3.63, 3.8) is 0 Å². The van der Waals surface area contributed by atoms with Crippen LogP contribution in [-0.2, 0) is 6.42 Å². The van der Waals surface area contributed by atoms with Crippen LogP contribution in [0.25, 0.3) is 10.4 Å². The zero-order valence-electron chi connectivity index (χ0n) is 21.4. The molecule has 3 nitrogen and oxygen atoms in total. The smallest absolute Gasteiger partial charge is 0.343 e. The number of unbranched alkanes of at least 4 members (excludes halogenated alkanes) is 8. The van der Waals surface area contributed by atoms with Gasteiger partial charge in [-0.15, -0.1) is 11.3 Å². The van der Waals surface area contributed by atoms with Crippen LogP contribution < -0.4 is 9.47 Å². The van der Waals surface area contributed by atoms with Crippen molar-refractivity contribution < 1.29 is 14.3 Å². The van der Waals surface area contributed by atoms with Crippen molar-refractivity contribution in [3.05, 3.63) is 71.1 Å². The fourth-order valence-electron chi connectivity index (χ4n) is 4.01. The van der Waals surface area contributed by atoms with Crippen molar-refractivity contribution in [2.75, 3.05) is 6.61 Å². The first-order valence-electron chi connectivity index (χ1n) is 13.3. The first kappa shape index (κ1) is 27.0. The van der Waals surface area contributed by atoms with Gasteiger partial charge in [0.1, 0.15) is 11.5 Å². The van der Waals surface area contributed by atoms with Gasteiger partial charge in [-0.25, -0.2) is 4.79 Å². The molecule has 1 heterocycles. The maximum atomic E-state index is 12.6. The predicted octanol–water partition coefficient (Wildman–Crippen LogP) is 9.50. The van der Waals surface area contributed by atoms with E-state index in [4.69, 9.17) is 9.47 Å². The average Bonchev–Trinajstić information content (AvgIpc) is 3.36. The summed E-state index contributed by atoms with van der Waals surface area (Å²) >= 11 is 1.85. The van der Waals surface area contributed by atoms with Gasteiger partial charge in [0.2, 0.25) is 0 Å². The van der Waals surface area contributed by atoms with Crippen LogP contribution in [0.3, 0.4) is 0 Å². The summed E-state index contributed by atoms with van der Waals surface area (Å²) in [5.41, 5.74) is 1.69. The van der Waals surface area contributed by atoms with Crippen LogP contribution in [0.2, 0.25) is 0 Å². The molecule has 0 bridgehead atoms. The molecular weight excluding hydrogens is 452 g/mol. The lowest BCUT2D eigenvalue weighted by Crippen LogP contribution is -2.08. The Hall–Kier alpha value is -2.59. The molecule has 3 aromatic rings. The molecule has 0 spiro atoms. The van der Waals surface area contributed by atoms with Gasteiger partial charge in [-0.3, -0.25) is 0 Å². The van der Waals surface area contributed by atoms with E-state index in [1.165, 1.54) is 67.5 Å². The lowest BCUT2D eigenvalue weighted by atomic mass is 10.1. The monoisotopic (exact) mass is 492 g/mol. The van der Waals surface area contributed by atoms with Gasteiger partial charge in [0.25, 0.3) is 0 Å². The minimum Gasteiger partial charge on any atom is -0.494 e. The van der Waals surface area contributed by atoms with E-state index in [9.17, 15) is 4.79 Å². The molecule has 0 saturated heterocycles. The minimum absolute atomic E-state index is 0.347. The summed E-state index contributed by atoms with van der Waals surface area (Å²) < 4.78 is 11.3. The molecule has 0 fully saturated rings. The maximum Gasteiger partial charge on any atom is 0.343 e. The van der Waals surface area contributed by atoms with Crippen LogP contribution in [0.15, 0.2) is 60.7 Å². The molecule has 2 aromatic carbocycles. The van der Waals surface area contributed by atoms with E-state index in [0.29, 0.717) is 11.3 Å². The molecule has 0 radical (unpaired) electrons. The first-order chi connectivity index (χ1) is 17.2. The number of rotatable bonds is 16. The van der Waals surface area contributed by atoms with Crippen molar-refractivity contribution in [2.45, 2.75) is 84.5 Å². The van der Waals surface area contributed by atoms with Gasteiger partial charge in [0, 0.05) is 9.75 Å². The van der Waals surface area contributed by atoms with Gasteiger partial charge in [0.15, 0.2) is 0 Å². The van der Waals surface area contributed by atoms with E-state index >= 15 is 0 Å². The summed E-state index contributed by atoms with van der Waals surface area (Å²) in [6, 6.07) is 19.4. The van der Waals surface area contributed by atoms with Gasteiger partial charge >= 0.3 is 5.97 Å². The van der Waals surface area contributed by atoms with Gasteiger partial charge in [-0.2, -0.15) is 0 Å². The van der Waals surface area contributed by atoms with E-state index in [1.54, 1.807) is 12.1 Å². The lowest BCUT2D eigenvalue weighted by molar-refractivity contribution is 0.0734. The summed E-state index contributed by atoms with van der Waals surface area (Å²) in [6.45, 7) is 5.18. The van der Waals surface area contributed by atoms with Crippen molar-refractivity contribution >= 4 is 17.3 Å². The Morgan fingerprint density at radius 2 is 1.31 bits per heavy atom. The van der Waals surface area contributed by atoms with Crippen LogP contribution in [0.5, 0.6) is 11.5 Å². The van der Waals surface area contributed by atoms with E-state index < -0.39 is 0 Å². The fraction of sp³-hybridized carbons (Fsp3) is 0.452. The molecule has 35 heavy (non-hydrogen) atoms. The zero-order chi connectivity index (χ0) is 24.7. The highest BCUT2D eigenvalue weighted by atomic mass is 32.1. The molecular formula is C31H40O3S. The largest absolute Gasteiger partial charge is 0.494 e. The number of esters is 1. The molecule has 1 aromatic heterocycles. The van der Waals surface area contributed by atoms with Crippen molar-refractivity contribution in [2.24, 2.45) is 0 Å². The molecule has 0 unspecified atom stereocenters. The molecule has 188 valence electrons. The quantitative estimate of drug-likeness (QED) is 0.113. The topological polar surface area (TPSA) is 35.5 Å². The number of carbonyl (C=O) groups is 1. The number of benzene rings is 2. The summed E-state index contributed by atoms with van der Waals surface area (Å²) in [4.78, 5) is 15.3. The molecule has 3 rings (SSSR count). The molecule has 0 saturated carbocycles. The highest BCUT2D eigenvalue weighted by molar-refractivity contribution is 7.15. The van der Waals surface area contributed by atoms with E-state index in [1.807, 2.05) is 47.7 Å². The van der Waals surface area contributed by atoms with Gasteiger partial charge in [-0.05, 0) is 73.4 Å². The first-order valence-corrected chi connectivity index (χ1v) is 14.2.